The largest absolute Gasteiger partial charge is 0.355 e. The van der Waals surface area contributed by atoms with Gasteiger partial charge in [0, 0.05) is 6.54 Å². The summed E-state index contributed by atoms with van der Waals surface area (Å²) in [5.74, 6) is 0.193. The number of carbonyl (C=O) groups is 1. The summed E-state index contributed by atoms with van der Waals surface area (Å²) >= 11 is 2.72. The number of amides is 1. The summed E-state index contributed by atoms with van der Waals surface area (Å²) in [5.41, 5.74) is 0.647. The highest BCUT2D eigenvalue weighted by Gasteiger charge is 2.15. The third-order valence-corrected chi connectivity index (χ3v) is 5.41. The summed E-state index contributed by atoms with van der Waals surface area (Å²) in [7, 11) is 0. The number of nitrogens with one attached hydrogen (secondary N) is 1. The predicted molar refractivity (Wildman–Crippen MR) is 104 cm³/mol. The molecule has 1 amide bonds. The lowest BCUT2D eigenvalue weighted by Crippen LogP contribution is -2.27. The molecule has 3 rings (SSSR count). The van der Waals surface area contributed by atoms with Crippen molar-refractivity contribution < 1.29 is 4.79 Å². The smallest absolute Gasteiger partial charge is 0.267 e. The molecule has 3 aromatic rings. The fourth-order valence-electron chi connectivity index (χ4n) is 2.38. The Kier molecular flexibility index (Phi) is 5.88. The van der Waals surface area contributed by atoms with Crippen molar-refractivity contribution in [2.75, 3.05) is 12.3 Å². The summed E-state index contributed by atoms with van der Waals surface area (Å²) in [6.07, 6.45) is 2.00. The van der Waals surface area contributed by atoms with E-state index in [4.69, 9.17) is 0 Å². The highest BCUT2D eigenvalue weighted by molar-refractivity contribution is 7.99. The molecule has 0 saturated carbocycles. The van der Waals surface area contributed by atoms with Crippen LogP contribution in [0.5, 0.6) is 0 Å². The normalized spacial score (nSPS) is 10.9. The highest BCUT2D eigenvalue weighted by atomic mass is 32.2. The topological polar surface area (TPSA) is 64.0 Å². The number of hydrogen-bond donors (Lipinski definition) is 1. The summed E-state index contributed by atoms with van der Waals surface area (Å²) in [4.78, 5) is 30.2. The van der Waals surface area contributed by atoms with Crippen LogP contribution in [0.15, 0.2) is 51.7 Å². The number of thiophene rings is 1. The van der Waals surface area contributed by atoms with Crippen molar-refractivity contribution in [1.29, 1.82) is 0 Å². The van der Waals surface area contributed by atoms with Crippen LogP contribution in [0.25, 0.3) is 15.9 Å². The lowest BCUT2D eigenvalue weighted by Gasteiger charge is -2.12. The van der Waals surface area contributed by atoms with E-state index in [1.807, 2.05) is 35.7 Å². The summed E-state index contributed by atoms with van der Waals surface area (Å²) in [6, 6.07) is 11.2. The Balaban J connectivity index is 1.91. The predicted octanol–water partition coefficient (Wildman–Crippen LogP) is 3.46. The number of hydrogen-bond acceptors (Lipinski definition) is 5. The minimum Gasteiger partial charge on any atom is -0.355 e. The van der Waals surface area contributed by atoms with Crippen molar-refractivity contribution in [3.05, 3.63) is 52.1 Å². The number of benzene rings is 1. The van der Waals surface area contributed by atoms with Crippen LogP contribution >= 0.6 is 23.1 Å². The Bertz CT molecular complexity index is 919. The zero-order valence-electron chi connectivity index (χ0n) is 13.9. The molecule has 2 aromatic heterocycles. The molecule has 0 bridgehead atoms. The van der Waals surface area contributed by atoms with Crippen LogP contribution in [0.3, 0.4) is 0 Å². The molecule has 0 fully saturated rings. The van der Waals surface area contributed by atoms with Gasteiger partial charge in [-0.15, -0.1) is 11.3 Å². The molecular formula is C18H19N3O2S2. The van der Waals surface area contributed by atoms with Crippen LogP contribution in [0.2, 0.25) is 0 Å². The first-order valence-corrected chi connectivity index (χ1v) is 10.0. The van der Waals surface area contributed by atoms with Gasteiger partial charge < -0.3 is 5.32 Å². The van der Waals surface area contributed by atoms with Gasteiger partial charge in [0.1, 0.15) is 4.83 Å². The maximum atomic E-state index is 12.9. The monoisotopic (exact) mass is 373 g/mol. The second-order valence-electron chi connectivity index (χ2n) is 5.50. The molecule has 0 aliphatic heterocycles. The van der Waals surface area contributed by atoms with E-state index >= 15 is 0 Å². The highest BCUT2D eigenvalue weighted by Crippen LogP contribution is 2.23. The Morgan fingerprint density at radius 3 is 2.84 bits per heavy atom. The Labute approximate surface area is 154 Å². The lowest BCUT2D eigenvalue weighted by molar-refractivity contribution is -0.118. The average molecular weight is 374 g/mol. The van der Waals surface area contributed by atoms with Gasteiger partial charge in [-0.05, 0) is 30.0 Å². The van der Waals surface area contributed by atoms with Crippen molar-refractivity contribution in [3.8, 4) is 5.69 Å². The van der Waals surface area contributed by atoms with E-state index in [1.54, 1.807) is 10.6 Å². The molecule has 0 aliphatic rings. The molecule has 5 nitrogen and oxygen atoms in total. The Morgan fingerprint density at radius 2 is 2.08 bits per heavy atom. The molecule has 0 unspecified atom stereocenters. The van der Waals surface area contributed by atoms with Gasteiger partial charge in [-0.3, -0.25) is 14.2 Å². The standard InChI is InChI=1S/C18H19N3O2S2/c1-2-3-10-19-15(22)12-25-18-20-16-14(9-11-24-16)17(23)21(18)13-7-5-4-6-8-13/h4-9,11H,2-3,10,12H2,1H3,(H,19,22). The van der Waals surface area contributed by atoms with Gasteiger partial charge in [-0.25, -0.2) is 4.98 Å². The Morgan fingerprint density at radius 1 is 1.28 bits per heavy atom. The first kappa shape index (κ1) is 17.7. The first-order chi connectivity index (χ1) is 12.2. The van der Waals surface area contributed by atoms with E-state index in [0.717, 1.165) is 18.5 Å². The molecule has 25 heavy (non-hydrogen) atoms. The van der Waals surface area contributed by atoms with Gasteiger partial charge in [0.2, 0.25) is 5.91 Å². The van der Waals surface area contributed by atoms with Crippen molar-refractivity contribution in [1.82, 2.24) is 14.9 Å². The van der Waals surface area contributed by atoms with Crippen LogP contribution in [-0.4, -0.2) is 27.8 Å². The first-order valence-electron chi connectivity index (χ1n) is 8.16. The third kappa shape index (κ3) is 4.11. The molecule has 0 spiro atoms. The van der Waals surface area contributed by atoms with Gasteiger partial charge in [0.15, 0.2) is 5.16 Å². The van der Waals surface area contributed by atoms with E-state index in [2.05, 4.69) is 17.2 Å². The van der Waals surface area contributed by atoms with Crippen LogP contribution in [0, 0.1) is 0 Å². The van der Waals surface area contributed by atoms with E-state index in [9.17, 15) is 9.59 Å². The van der Waals surface area contributed by atoms with E-state index < -0.39 is 0 Å². The van der Waals surface area contributed by atoms with Crippen LogP contribution < -0.4 is 10.9 Å². The average Bonchev–Trinajstić information content (AvgIpc) is 3.10. The molecule has 0 saturated heterocycles. The minimum atomic E-state index is -0.105. The fourth-order valence-corrected chi connectivity index (χ4v) is 4.03. The maximum Gasteiger partial charge on any atom is 0.267 e. The minimum absolute atomic E-state index is 0.0430. The molecule has 0 atom stereocenters. The van der Waals surface area contributed by atoms with Crippen molar-refractivity contribution in [2.24, 2.45) is 0 Å². The molecular weight excluding hydrogens is 354 g/mol. The number of unbranched alkanes of at least 4 members (excludes halogenated alkanes) is 1. The van der Waals surface area contributed by atoms with Gasteiger partial charge in [0.25, 0.3) is 5.56 Å². The number of thioether (sulfide) groups is 1. The second kappa shape index (κ2) is 8.31. The second-order valence-corrected chi connectivity index (χ2v) is 7.34. The third-order valence-electron chi connectivity index (χ3n) is 3.67. The van der Waals surface area contributed by atoms with E-state index in [1.165, 1.54) is 23.1 Å². The number of carbonyl (C=O) groups excluding carboxylic acids is 1. The number of nitrogens with zero attached hydrogens (tertiary/aromatic N) is 2. The van der Waals surface area contributed by atoms with Gasteiger partial charge >= 0.3 is 0 Å². The molecule has 1 N–H and O–H groups in total. The van der Waals surface area contributed by atoms with Crippen LogP contribution in [0.4, 0.5) is 0 Å². The number of aromatic nitrogens is 2. The molecule has 7 heteroatoms. The molecule has 0 radical (unpaired) electrons. The maximum absolute atomic E-state index is 12.9. The number of rotatable bonds is 7. The van der Waals surface area contributed by atoms with Gasteiger partial charge in [-0.1, -0.05) is 43.3 Å². The lowest BCUT2D eigenvalue weighted by atomic mass is 10.3. The quantitative estimate of drug-likeness (QED) is 0.391. The summed E-state index contributed by atoms with van der Waals surface area (Å²) in [6.45, 7) is 2.76. The molecule has 130 valence electrons. The van der Waals surface area contributed by atoms with E-state index in [-0.39, 0.29) is 17.2 Å². The van der Waals surface area contributed by atoms with Gasteiger partial charge in [0.05, 0.1) is 16.8 Å². The van der Waals surface area contributed by atoms with Crippen LogP contribution in [-0.2, 0) is 4.79 Å². The number of para-hydroxylation sites is 1. The molecule has 1 aromatic carbocycles. The van der Waals surface area contributed by atoms with Crippen LogP contribution in [0.1, 0.15) is 19.8 Å². The van der Waals surface area contributed by atoms with Gasteiger partial charge in [-0.2, -0.15) is 0 Å². The van der Waals surface area contributed by atoms with Crippen molar-refractivity contribution in [3.63, 3.8) is 0 Å². The fraction of sp³-hybridized carbons (Fsp3) is 0.278. The van der Waals surface area contributed by atoms with Crippen molar-refractivity contribution >= 4 is 39.2 Å². The number of fused-ring (bicyclic) bond motifs is 1. The molecule has 2 heterocycles. The van der Waals surface area contributed by atoms with Crippen molar-refractivity contribution in [2.45, 2.75) is 24.9 Å². The summed E-state index contributed by atoms with van der Waals surface area (Å²) < 4.78 is 1.58. The zero-order chi connectivity index (χ0) is 17.6. The zero-order valence-corrected chi connectivity index (χ0v) is 15.5. The van der Waals surface area contributed by atoms with E-state index in [0.29, 0.717) is 21.9 Å². The molecule has 0 aliphatic carbocycles. The SMILES string of the molecule is CCCCNC(=O)CSc1nc2sccc2c(=O)n1-c1ccccc1. The summed E-state index contributed by atoms with van der Waals surface area (Å²) in [5, 5.41) is 5.89. The Hall–Kier alpha value is -2.12.